The van der Waals surface area contributed by atoms with Crippen LogP contribution in [0.2, 0.25) is 0 Å². The Kier molecular flexibility index (Phi) is 2.73. The number of aromatic nitrogens is 2. The molecular formula is C6H6BF3N3O-. The highest BCUT2D eigenvalue weighted by atomic mass is 19.4. The van der Waals surface area contributed by atoms with Crippen LogP contribution in [0.5, 0.6) is 0 Å². The van der Waals surface area contributed by atoms with E-state index < -0.39 is 19.2 Å². The highest BCUT2D eigenvalue weighted by molar-refractivity contribution is 6.57. The molecule has 1 aromatic heterocycles. The summed E-state index contributed by atoms with van der Waals surface area (Å²) in [6, 6.07) is 0. The molecule has 0 saturated heterocycles. The molecule has 0 saturated carbocycles. The quantitative estimate of drug-likeness (QED) is 0.728. The first-order chi connectivity index (χ1) is 6.38. The van der Waals surface area contributed by atoms with Crippen LogP contribution in [-0.2, 0) is 6.32 Å². The van der Waals surface area contributed by atoms with E-state index in [4.69, 9.17) is 5.73 Å². The van der Waals surface area contributed by atoms with E-state index in [9.17, 15) is 17.7 Å². The van der Waals surface area contributed by atoms with Gasteiger partial charge in [-0.1, -0.05) is 6.32 Å². The van der Waals surface area contributed by atoms with Gasteiger partial charge in [0.15, 0.2) is 0 Å². The van der Waals surface area contributed by atoms with Crippen LogP contribution in [-0.4, -0.2) is 22.9 Å². The predicted octanol–water partition coefficient (Wildman–Crippen LogP) is 0.505. The summed E-state index contributed by atoms with van der Waals surface area (Å²) in [6.07, 6.45) is 0.837. The minimum absolute atomic E-state index is 0.0810. The van der Waals surface area contributed by atoms with Gasteiger partial charge in [0.1, 0.15) is 0 Å². The average molecular weight is 204 g/mol. The third-order valence-corrected chi connectivity index (χ3v) is 1.39. The highest BCUT2D eigenvalue weighted by Crippen LogP contribution is 2.14. The van der Waals surface area contributed by atoms with E-state index in [2.05, 4.69) is 9.97 Å². The summed E-state index contributed by atoms with van der Waals surface area (Å²) in [4.78, 5) is 17.2. The van der Waals surface area contributed by atoms with Gasteiger partial charge >= 0.3 is 6.98 Å². The third-order valence-electron chi connectivity index (χ3n) is 1.39. The van der Waals surface area contributed by atoms with E-state index >= 15 is 0 Å². The van der Waals surface area contributed by atoms with Crippen molar-refractivity contribution in [2.45, 2.75) is 6.32 Å². The lowest BCUT2D eigenvalue weighted by Crippen LogP contribution is -2.20. The Morgan fingerprint density at radius 3 is 2.21 bits per heavy atom. The van der Waals surface area contributed by atoms with Crippen molar-refractivity contribution in [2.75, 3.05) is 0 Å². The van der Waals surface area contributed by atoms with Gasteiger partial charge in [0, 0.05) is 12.4 Å². The number of carbonyl (C=O) groups excluding carboxylic acids is 1. The van der Waals surface area contributed by atoms with Crippen molar-refractivity contribution in [2.24, 2.45) is 5.73 Å². The zero-order valence-electron chi connectivity index (χ0n) is 6.95. The van der Waals surface area contributed by atoms with Crippen LogP contribution in [0.15, 0.2) is 12.4 Å². The van der Waals surface area contributed by atoms with Gasteiger partial charge in [-0.25, -0.2) is 9.97 Å². The van der Waals surface area contributed by atoms with Crippen LogP contribution in [0.25, 0.3) is 0 Å². The van der Waals surface area contributed by atoms with Crippen LogP contribution in [0.3, 0.4) is 0 Å². The van der Waals surface area contributed by atoms with Crippen LogP contribution in [0.4, 0.5) is 12.9 Å². The zero-order chi connectivity index (χ0) is 10.8. The van der Waals surface area contributed by atoms with Crippen molar-refractivity contribution in [3.8, 4) is 0 Å². The lowest BCUT2D eigenvalue weighted by atomic mass is 9.83. The molecule has 0 fully saturated rings. The summed E-state index contributed by atoms with van der Waals surface area (Å²) in [6.45, 7) is -4.91. The van der Waals surface area contributed by atoms with Crippen molar-refractivity contribution < 1.29 is 17.7 Å². The third kappa shape index (κ3) is 3.04. The van der Waals surface area contributed by atoms with Gasteiger partial charge in [-0.2, -0.15) is 0 Å². The molecule has 1 heterocycles. The average Bonchev–Trinajstić information content (AvgIpc) is 2.02. The first-order valence-electron chi connectivity index (χ1n) is 3.70. The van der Waals surface area contributed by atoms with E-state index in [0.717, 1.165) is 12.4 Å². The molecule has 0 aliphatic rings. The molecular weight excluding hydrogens is 198 g/mol. The number of hydrogen-bond acceptors (Lipinski definition) is 3. The van der Waals surface area contributed by atoms with Gasteiger partial charge in [-0.15, -0.1) is 0 Å². The van der Waals surface area contributed by atoms with E-state index in [0.29, 0.717) is 0 Å². The molecule has 2 N–H and O–H groups in total. The van der Waals surface area contributed by atoms with Crippen LogP contribution < -0.4 is 5.73 Å². The van der Waals surface area contributed by atoms with E-state index in [1.807, 2.05) is 0 Å². The Bertz CT molecular complexity index is 337. The largest absolute Gasteiger partial charge is 0.482 e. The number of nitrogens with zero attached hydrogens (tertiary/aromatic N) is 2. The second-order valence-electron chi connectivity index (χ2n) is 2.69. The molecule has 0 aromatic carbocycles. The molecule has 1 aromatic rings. The molecule has 8 heteroatoms. The fourth-order valence-electron chi connectivity index (χ4n) is 0.855. The fourth-order valence-corrected chi connectivity index (χ4v) is 0.855. The van der Waals surface area contributed by atoms with Crippen molar-refractivity contribution in [3.63, 3.8) is 0 Å². The first kappa shape index (κ1) is 10.5. The molecule has 14 heavy (non-hydrogen) atoms. The SMILES string of the molecule is NC(=O)c1ncc(C[B-](F)(F)F)cn1. The smallest absolute Gasteiger partial charge is 0.449 e. The second-order valence-corrected chi connectivity index (χ2v) is 2.69. The monoisotopic (exact) mass is 204 g/mol. The number of hydrogen-bond donors (Lipinski definition) is 1. The standard InChI is InChI=1S/C6H6BF3N3O/c8-7(9,10)1-4-2-12-6(5(11)14)13-3-4/h2-3H,1H2,(H2,11,14)/q-1. The molecule has 0 unspecified atom stereocenters. The number of rotatable bonds is 3. The minimum Gasteiger partial charge on any atom is -0.449 e. The molecule has 76 valence electrons. The Hall–Kier alpha value is -1.60. The molecule has 1 amide bonds. The Labute approximate surface area is 77.4 Å². The molecule has 0 radical (unpaired) electrons. The highest BCUT2D eigenvalue weighted by Gasteiger charge is 2.23. The van der Waals surface area contributed by atoms with Crippen LogP contribution in [0.1, 0.15) is 16.2 Å². The number of primary amides is 1. The maximum Gasteiger partial charge on any atom is 0.482 e. The maximum atomic E-state index is 11.9. The van der Waals surface area contributed by atoms with Crippen molar-refractivity contribution in [1.82, 2.24) is 9.97 Å². The van der Waals surface area contributed by atoms with Gasteiger partial charge in [-0.05, 0) is 5.56 Å². The lowest BCUT2D eigenvalue weighted by Gasteiger charge is -2.12. The summed E-state index contributed by atoms with van der Waals surface area (Å²) in [5.74, 6) is -1.16. The molecule has 4 nitrogen and oxygen atoms in total. The molecule has 0 bridgehead atoms. The number of halogens is 3. The van der Waals surface area contributed by atoms with Crippen LogP contribution >= 0.6 is 0 Å². The van der Waals surface area contributed by atoms with Gasteiger partial charge in [-0.3, -0.25) is 4.79 Å². The molecule has 1 rings (SSSR count). The van der Waals surface area contributed by atoms with Gasteiger partial charge in [0.25, 0.3) is 5.91 Å². The first-order valence-corrected chi connectivity index (χ1v) is 3.70. The minimum atomic E-state index is -4.91. The summed E-state index contributed by atoms with van der Waals surface area (Å²) >= 11 is 0. The number of amides is 1. The second kappa shape index (κ2) is 3.65. The molecule has 0 atom stereocenters. The van der Waals surface area contributed by atoms with Crippen molar-refractivity contribution >= 4 is 12.9 Å². The zero-order valence-corrected chi connectivity index (χ0v) is 6.95. The van der Waals surface area contributed by atoms with Gasteiger partial charge in [0.05, 0.1) is 0 Å². The Morgan fingerprint density at radius 2 is 1.86 bits per heavy atom. The van der Waals surface area contributed by atoms with Gasteiger partial charge in [0.2, 0.25) is 5.82 Å². The van der Waals surface area contributed by atoms with Gasteiger partial charge < -0.3 is 18.7 Å². The Balaban J connectivity index is 2.79. The maximum absolute atomic E-state index is 11.9. The van der Waals surface area contributed by atoms with E-state index in [-0.39, 0.29) is 11.4 Å². The van der Waals surface area contributed by atoms with Crippen molar-refractivity contribution in [1.29, 1.82) is 0 Å². The molecule has 0 spiro atoms. The predicted molar refractivity (Wildman–Crippen MR) is 43.3 cm³/mol. The normalized spacial score (nSPS) is 11.4. The summed E-state index contributed by atoms with van der Waals surface area (Å²) < 4.78 is 35.7. The Morgan fingerprint density at radius 1 is 1.36 bits per heavy atom. The topological polar surface area (TPSA) is 68.9 Å². The molecule has 0 aliphatic heterocycles. The van der Waals surface area contributed by atoms with E-state index in [1.54, 1.807) is 0 Å². The van der Waals surface area contributed by atoms with Crippen LogP contribution in [0, 0.1) is 0 Å². The van der Waals surface area contributed by atoms with Crippen molar-refractivity contribution in [3.05, 3.63) is 23.8 Å². The fraction of sp³-hybridized carbons (Fsp3) is 0.167. The summed E-state index contributed by atoms with van der Waals surface area (Å²) in [7, 11) is 0. The summed E-state index contributed by atoms with van der Waals surface area (Å²) in [5, 5.41) is 0. The summed E-state index contributed by atoms with van der Waals surface area (Å²) in [5.41, 5.74) is 4.73. The number of carbonyl (C=O) groups is 1. The molecule has 0 aliphatic carbocycles. The lowest BCUT2D eigenvalue weighted by molar-refractivity contribution is 0.0990. The number of nitrogens with two attached hydrogens (primary N) is 1. The van der Waals surface area contributed by atoms with E-state index in [1.165, 1.54) is 0 Å².